The fraction of sp³-hybridized carbons (Fsp3) is 0.119. The van der Waals surface area contributed by atoms with E-state index in [0.29, 0.717) is 0 Å². The lowest BCUT2D eigenvalue weighted by Gasteiger charge is -2.35. The molecule has 9 rings (SSSR count). The third-order valence-corrected chi connectivity index (χ3v) is 10.2. The van der Waals surface area contributed by atoms with E-state index in [0.717, 1.165) is 17.5 Å². The molecule has 1 nitrogen and oxygen atoms in total. The summed E-state index contributed by atoms with van der Waals surface area (Å²) in [4.78, 5) is 14.1. The minimum absolute atomic E-state index is 0.0741. The van der Waals surface area contributed by atoms with E-state index >= 15 is 0 Å². The molecule has 1 heteroatoms. The van der Waals surface area contributed by atoms with Gasteiger partial charge in [-0.3, -0.25) is 4.79 Å². The van der Waals surface area contributed by atoms with Crippen LogP contribution in [0.3, 0.4) is 0 Å². The Morgan fingerprint density at radius 1 is 0.488 bits per heavy atom. The van der Waals surface area contributed by atoms with Crippen LogP contribution in [0.25, 0.3) is 55.6 Å². The summed E-state index contributed by atoms with van der Waals surface area (Å²) in [6, 6.07) is 46.0. The molecule has 1 atom stereocenters. The molecular formula is C42H30O. The second kappa shape index (κ2) is 8.75. The number of benzene rings is 6. The van der Waals surface area contributed by atoms with E-state index < -0.39 is 0 Å². The van der Waals surface area contributed by atoms with Gasteiger partial charge in [-0.25, -0.2) is 0 Å². The van der Waals surface area contributed by atoms with Gasteiger partial charge in [-0.2, -0.15) is 0 Å². The van der Waals surface area contributed by atoms with Crippen molar-refractivity contribution in [1.82, 2.24) is 0 Å². The SMILES string of the molecule is CC1(C)c2ccccc2-c2cc3c(cc21)CC1C(=O)c2ccccc2-c2cc(-c4cccc(-c5ccccc5)c4)cc-3c21. The van der Waals surface area contributed by atoms with Crippen LogP contribution >= 0.6 is 0 Å². The smallest absolute Gasteiger partial charge is 0.171 e. The maximum atomic E-state index is 14.1. The summed E-state index contributed by atoms with van der Waals surface area (Å²) < 4.78 is 0. The lowest BCUT2D eigenvalue weighted by atomic mass is 9.67. The molecular weight excluding hydrogens is 520 g/mol. The summed E-state index contributed by atoms with van der Waals surface area (Å²) in [5.41, 5.74) is 18.2. The molecule has 0 fully saturated rings. The molecule has 6 aromatic rings. The number of hydrogen-bond donors (Lipinski definition) is 0. The third kappa shape index (κ3) is 3.42. The van der Waals surface area contributed by atoms with Crippen molar-refractivity contribution in [3.05, 3.63) is 155 Å². The van der Waals surface area contributed by atoms with E-state index in [9.17, 15) is 4.79 Å². The quantitative estimate of drug-likeness (QED) is 0.210. The lowest BCUT2D eigenvalue weighted by molar-refractivity contribution is 0.0957. The van der Waals surface area contributed by atoms with Crippen molar-refractivity contribution in [3.63, 3.8) is 0 Å². The normalized spacial score (nSPS) is 16.5. The zero-order valence-corrected chi connectivity index (χ0v) is 24.3. The molecule has 0 saturated heterocycles. The van der Waals surface area contributed by atoms with Gasteiger partial charge >= 0.3 is 0 Å². The van der Waals surface area contributed by atoms with Crippen LogP contribution < -0.4 is 0 Å². The van der Waals surface area contributed by atoms with Crippen LogP contribution in [0.15, 0.2) is 127 Å². The van der Waals surface area contributed by atoms with E-state index in [4.69, 9.17) is 0 Å². The largest absolute Gasteiger partial charge is 0.293 e. The molecule has 0 radical (unpaired) electrons. The number of Topliss-reactive ketones (excluding diaryl/α,β-unsaturated/α-hetero) is 1. The Morgan fingerprint density at radius 3 is 1.91 bits per heavy atom. The molecule has 43 heavy (non-hydrogen) atoms. The van der Waals surface area contributed by atoms with Gasteiger partial charge < -0.3 is 0 Å². The highest BCUT2D eigenvalue weighted by atomic mass is 16.1. The Morgan fingerprint density at radius 2 is 1.12 bits per heavy atom. The maximum absolute atomic E-state index is 14.1. The first kappa shape index (κ1) is 24.6. The van der Waals surface area contributed by atoms with Gasteiger partial charge in [0.25, 0.3) is 0 Å². The molecule has 0 aromatic heterocycles. The molecule has 6 aromatic carbocycles. The first-order chi connectivity index (χ1) is 21.0. The zero-order valence-electron chi connectivity index (χ0n) is 24.3. The maximum Gasteiger partial charge on any atom is 0.171 e. The first-order valence-electron chi connectivity index (χ1n) is 15.2. The summed E-state index contributed by atoms with van der Waals surface area (Å²) in [5.74, 6) is 0.0823. The van der Waals surface area contributed by atoms with Gasteiger partial charge in [0, 0.05) is 11.0 Å². The van der Waals surface area contributed by atoms with Gasteiger partial charge in [0.1, 0.15) is 0 Å². The van der Waals surface area contributed by atoms with E-state index in [1.165, 1.54) is 72.3 Å². The number of carbonyl (C=O) groups is 1. The molecule has 0 heterocycles. The highest BCUT2D eigenvalue weighted by Crippen LogP contribution is 2.55. The van der Waals surface area contributed by atoms with Gasteiger partial charge in [-0.15, -0.1) is 0 Å². The molecule has 0 spiro atoms. The van der Waals surface area contributed by atoms with Crippen molar-refractivity contribution >= 4 is 5.78 Å². The standard InChI is InChI=1S/C42H30O/c1-42(2)38-18-9-8-16-31(38)34-24-33-29(23-39(34)42)22-37-40-35(30-15-6-7-17-32(30)41(37)43)20-28(21-36(33)40)27-14-10-13-26(19-27)25-11-4-3-5-12-25/h3-21,23-24,37H,22H2,1-2H3. The Balaban J connectivity index is 1.32. The summed E-state index contributed by atoms with van der Waals surface area (Å²) >= 11 is 0. The van der Waals surface area contributed by atoms with E-state index in [-0.39, 0.29) is 17.1 Å². The monoisotopic (exact) mass is 550 g/mol. The van der Waals surface area contributed by atoms with Crippen molar-refractivity contribution in [1.29, 1.82) is 0 Å². The van der Waals surface area contributed by atoms with Crippen molar-refractivity contribution < 1.29 is 4.79 Å². The van der Waals surface area contributed by atoms with Gasteiger partial charge in [-0.1, -0.05) is 117 Å². The van der Waals surface area contributed by atoms with Crippen molar-refractivity contribution in [3.8, 4) is 55.6 Å². The number of ketones is 1. The molecule has 3 aliphatic rings. The van der Waals surface area contributed by atoms with Crippen LogP contribution in [-0.4, -0.2) is 5.78 Å². The minimum atomic E-state index is -0.165. The number of carbonyl (C=O) groups excluding carboxylic acids is 1. The van der Waals surface area contributed by atoms with E-state index in [1.807, 2.05) is 12.1 Å². The predicted molar refractivity (Wildman–Crippen MR) is 177 cm³/mol. The molecule has 0 amide bonds. The number of hydrogen-bond acceptors (Lipinski definition) is 1. The molecule has 204 valence electrons. The molecule has 1 unspecified atom stereocenters. The minimum Gasteiger partial charge on any atom is -0.293 e. The van der Waals surface area contributed by atoms with E-state index in [1.54, 1.807) is 0 Å². The Kier molecular flexibility index (Phi) is 5.00. The van der Waals surface area contributed by atoms with Crippen LogP contribution in [0, 0.1) is 0 Å². The predicted octanol–water partition coefficient (Wildman–Crippen LogP) is 10.5. The summed E-state index contributed by atoms with van der Waals surface area (Å²) in [6.45, 7) is 4.66. The van der Waals surface area contributed by atoms with E-state index in [2.05, 4.69) is 129 Å². The summed E-state index contributed by atoms with van der Waals surface area (Å²) in [7, 11) is 0. The average Bonchev–Trinajstić information content (AvgIpc) is 3.28. The highest BCUT2D eigenvalue weighted by Gasteiger charge is 2.41. The average molecular weight is 551 g/mol. The Labute approximate surface area is 252 Å². The fourth-order valence-electron chi connectivity index (χ4n) is 8.03. The van der Waals surface area contributed by atoms with Crippen LogP contribution in [-0.2, 0) is 11.8 Å². The zero-order chi connectivity index (χ0) is 28.9. The lowest BCUT2D eigenvalue weighted by Crippen LogP contribution is -2.26. The summed E-state index contributed by atoms with van der Waals surface area (Å²) in [6.07, 6.45) is 0.741. The van der Waals surface area contributed by atoms with Crippen molar-refractivity contribution in [2.75, 3.05) is 0 Å². The highest BCUT2D eigenvalue weighted by molar-refractivity contribution is 6.13. The second-order valence-electron chi connectivity index (χ2n) is 12.8. The third-order valence-electron chi connectivity index (χ3n) is 10.2. The molecule has 0 aliphatic heterocycles. The molecule has 0 N–H and O–H groups in total. The Bertz CT molecular complexity index is 2150. The Hall–Kier alpha value is -5.01. The van der Waals surface area contributed by atoms with Crippen molar-refractivity contribution in [2.45, 2.75) is 31.6 Å². The number of rotatable bonds is 2. The fourth-order valence-corrected chi connectivity index (χ4v) is 8.03. The van der Waals surface area contributed by atoms with Gasteiger partial charge in [0.05, 0.1) is 5.92 Å². The van der Waals surface area contributed by atoms with Crippen LogP contribution in [0.5, 0.6) is 0 Å². The van der Waals surface area contributed by atoms with Crippen LogP contribution in [0.2, 0.25) is 0 Å². The first-order valence-corrected chi connectivity index (χ1v) is 15.2. The van der Waals surface area contributed by atoms with Crippen LogP contribution in [0.4, 0.5) is 0 Å². The van der Waals surface area contributed by atoms with Crippen molar-refractivity contribution in [2.24, 2.45) is 0 Å². The number of fused-ring (bicyclic) bond motifs is 7. The molecule has 0 bridgehead atoms. The second-order valence-corrected chi connectivity index (χ2v) is 12.8. The topological polar surface area (TPSA) is 17.1 Å². The molecule has 0 saturated carbocycles. The van der Waals surface area contributed by atoms with Gasteiger partial charge in [0.2, 0.25) is 0 Å². The van der Waals surface area contributed by atoms with Gasteiger partial charge in [-0.05, 0) is 109 Å². The van der Waals surface area contributed by atoms with Crippen LogP contribution in [0.1, 0.15) is 52.4 Å². The summed E-state index contributed by atoms with van der Waals surface area (Å²) in [5, 5.41) is 0. The van der Waals surface area contributed by atoms with Gasteiger partial charge in [0.15, 0.2) is 5.78 Å². The molecule has 3 aliphatic carbocycles.